The number of aryl methyl sites for hydroxylation is 1. The lowest BCUT2D eigenvalue weighted by Crippen LogP contribution is -2.31. The van der Waals surface area contributed by atoms with Crippen LogP contribution in [-0.2, 0) is 27.8 Å². The average molecular weight is 339 g/mol. The highest BCUT2D eigenvalue weighted by atomic mass is 32.2. The van der Waals surface area contributed by atoms with Crippen LogP contribution in [0.25, 0.3) is 10.9 Å². The number of likely N-dealkylation sites (N-methyl/N-ethyl adjacent to an activating group) is 1. The molecule has 1 heterocycles. The van der Waals surface area contributed by atoms with Crippen molar-refractivity contribution in [1.29, 1.82) is 0 Å². The maximum Gasteiger partial charge on any atom is 0.261 e. The Morgan fingerprint density at radius 1 is 1.39 bits per heavy atom. The number of hydrogen-bond acceptors (Lipinski definition) is 4. The van der Waals surface area contributed by atoms with Crippen LogP contribution in [0.2, 0.25) is 0 Å². The van der Waals surface area contributed by atoms with E-state index in [4.69, 9.17) is 4.55 Å². The second-order valence-corrected chi connectivity index (χ2v) is 7.03. The molecule has 0 radical (unpaired) electrons. The Kier molecular flexibility index (Phi) is 5.40. The van der Waals surface area contributed by atoms with Crippen LogP contribution >= 0.6 is 0 Å². The lowest BCUT2D eigenvalue weighted by Gasteiger charge is -2.21. The number of aromatic nitrogens is 1. The summed E-state index contributed by atoms with van der Waals surface area (Å²) < 4.78 is 25.9. The van der Waals surface area contributed by atoms with Gasteiger partial charge < -0.3 is 15.6 Å². The minimum Gasteiger partial charge on any atom is -0.358 e. The molecular formula is C15H21N3O4S. The standard InChI is InChI=1S/C14H17N3O.CH4O3S/c1-15-9-2-4-13-11(6-9)12-7-10(16-8-18)3-5-14(12)17-13;1-5(2,3)4/h3,5,7-9,15,17H,2,4,6H2,1H3,(H,16,18);1H3,(H,2,3,4). The Hall–Kier alpha value is -1.90. The summed E-state index contributed by atoms with van der Waals surface area (Å²) in [5.41, 5.74) is 4.75. The second kappa shape index (κ2) is 7.12. The van der Waals surface area contributed by atoms with E-state index in [2.05, 4.69) is 21.7 Å². The van der Waals surface area contributed by atoms with Gasteiger partial charge in [-0.25, -0.2) is 0 Å². The van der Waals surface area contributed by atoms with Crippen LogP contribution in [0.3, 0.4) is 0 Å². The van der Waals surface area contributed by atoms with E-state index in [1.165, 1.54) is 23.1 Å². The first-order chi connectivity index (χ1) is 10.8. The molecule has 0 fully saturated rings. The molecule has 1 aliphatic rings. The molecule has 1 aliphatic carbocycles. The minimum absolute atomic E-state index is 0.555. The number of hydrogen-bond donors (Lipinski definition) is 4. The Labute approximate surface area is 135 Å². The van der Waals surface area contributed by atoms with Gasteiger partial charge in [-0.05, 0) is 50.1 Å². The van der Waals surface area contributed by atoms with Crippen LogP contribution in [0, 0.1) is 0 Å². The topological polar surface area (TPSA) is 111 Å². The largest absolute Gasteiger partial charge is 0.358 e. The zero-order chi connectivity index (χ0) is 17.0. The molecule has 8 heteroatoms. The van der Waals surface area contributed by atoms with E-state index >= 15 is 0 Å². The molecule has 0 aliphatic heterocycles. The Balaban J connectivity index is 0.000000338. The summed E-state index contributed by atoms with van der Waals surface area (Å²) in [5.74, 6) is 0. The molecule has 3 rings (SSSR count). The monoisotopic (exact) mass is 339 g/mol. The molecule has 126 valence electrons. The average Bonchev–Trinajstić information content (AvgIpc) is 2.83. The molecule has 7 nitrogen and oxygen atoms in total. The molecule has 1 aromatic heterocycles. The van der Waals surface area contributed by atoms with Gasteiger partial charge in [0, 0.05) is 28.3 Å². The van der Waals surface area contributed by atoms with E-state index in [1.54, 1.807) is 0 Å². The predicted molar refractivity (Wildman–Crippen MR) is 90.3 cm³/mol. The Bertz CT molecular complexity index is 790. The number of benzene rings is 1. The first kappa shape index (κ1) is 17.5. The van der Waals surface area contributed by atoms with Gasteiger partial charge in [-0.15, -0.1) is 0 Å². The number of aromatic amines is 1. The van der Waals surface area contributed by atoms with Crippen LogP contribution in [0.15, 0.2) is 18.2 Å². The second-order valence-electron chi connectivity index (χ2n) is 5.57. The number of amides is 1. The van der Waals surface area contributed by atoms with Gasteiger partial charge in [0.2, 0.25) is 6.41 Å². The third-order valence-electron chi connectivity index (χ3n) is 3.82. The summed E-state index contributed by atoms with van der Waals surface area (Å²) in [6.07, 6.45) is 4.75. The molecule has 0 saturated carbocycles. The number of anilines is 1. The quantitative estimate of drug-likeness (QED) is 0.498. The highest BCUT2D eigenvalue weighted by Gasteiger charge is 2.21. The summed E-state index contributed by atoms with van der Waals surface area (Å²) in [6.45, 7) is 0. The van der Waals surface area contributed by atoms with E-state index < -0.39 is 10.1 Å². The number of fused-ring (bicyclic) bond motifs is 3. The van der Waals surface area contributed by atoms with E-state index in [-0.39, 0.29) is 0 Å². The van der Waals surface area contributed by atoms with E-state index in [0.29, 0.717) is 12.3 Å². The predicted octanol–water partition coefficient (Wildman–Crippen LogP) is 1.32. The number of carbonyl (C=O) groups excluding carboxylic acids is 1. The lowest BCUT2D eigenvalue weighted by molar-refractivity contribution is -0.105. The van der Waals surface area contributed by atoms with Crippen molar-refractivity contribution in [2.45, 2.75) is 25.3 Å². The highest BCUT2D eigenvalue weighted by molar-refractivity contribution is 7.85. The van der Waals surface area contributed by atoms with Gasteiger partial charge in [-0.3, -0.25) is 9.35 Å². The molecule has 0 bridgehead atoms. The third kappa shape index (κ3) is 4.78. The van der Waals surface area contributed by atoms with Gasteiger partial charge in [0.05, 0.1) is 6.26 Å². The first-order valence-corrected chi connectivity index (χ1v) is 9.10. The number of nitrogens with one attached hydrogen (secondary N) is 3. The summed E-state index contributed by atoms with van der Waals surface area (Å²) in [7, 11) is -1.65. The molecule has 23 heavy (non-hydrogen) atoms. The summed E-state index contributed by atoms with van der Waals surface area (Å²) in [5, 5.41) is 7.30. The molecule has 1 atom stereocenters. The van der Waals surface area contributed by atoms with Gasteiger partial charge in [-0.1, -0.05) is 0 Å². The molecule has 1 unspecified atom stereocenters. The van der Waals surface area contributed by atoms with Gasteiger partial charge in [0.25, 0.3) is 10.1 Å². The molecule has 0 spiro atoms. The van der Waals surface area contributed by atoms with E-state index in [0.717, 1.165) is 30.5 Å². The maximum atomic E-state index is 10.5. The highest BCUT2D eigenvalue weighted by Crippen LogP contribution is 2.30. The zero-order valence-electron chi connectivity index (χ0n) is 13.1. The van der Waals surface area contributed by atoms with Crippen molar-refractivity contribution in [2.24, 2.45) is 0 Å². The molecular weight excluding hydrogens is 318 g/mol. The van der Waals surface area contributed by atoms with Crippen LogP contribution in [0.5, 0.6) is 0 Å². The van der Waals surface area contributed by atoms with Crippen molar-refractivity contribution in [3.8, 4) is 0 Å². The number of rotatable bonds is 3. The van der Waals surface area contributed by atoms with Crippen LogP contribution in [0.4, 0.5) is 5.69 Å². The molecule has 1 amide bonds. The zero-order valence-corrected chi connectivity index (χ0v) is 13.9. The Morgan fingerprint density at radius 2 is 2.09 bits per heavy atom. The molecule has 0 saturated heterocycles. The normalized spacial score (nSPS) is 17.1. The van der Waals surface area contributed by atoms with Crippen molar-refractivity contribution < 1.29 is 17.8 Å². The van der Waals surface area contributed by atoms with Gasteiger partial charge in [0.1, 0.15) is 0 Å². The third-order valence-corrected chi connectivity index (χ3v) is 3.82. The van der Waals surface area contributed by atoms with Crippen molar-refractivity contribution in [3.05, 3.63) is 29.5 Å². The maximum absolute atomic E-state index is 10.5. The van der Waals surface area contributed by atoms with Crippen LogP contribution in [0.1, 0.15) is 17.7 Å². The van der Waals surface area contributed by atoms with Crippen molar-refractivity contribution in [3.63, 3.8) is 0 Å². The van der Waals surface area contributed by atoms with Crippen molar-refractivity contribution in [1.82, 2.24) is 10.3 Å². The minimum atomic E-state index is -3.67. The van der Waals surface area contributed by atoms with Crippen molar-refractivity contribution in [2.75, 3.05) is 18.6 Å². The van der Waals surface area contributed by atoms with Gasteiger partial charge >= 0.3 is 0 Å². The SMILES string of the molecule is CNC1CCc2[nH]c3ccc(NC=O)cc3c2C1.CS(=O)(=O)O. The summed E-state index contributed by atoms with van der Waals surface area (Å²) in [6, 6.07) is 6.57. The molecule has 2 aromatic rings. The van der Waals surface area contributed by atoms with Gasteiger partial charge in [0.15, 0.2) is 0 Å². The summed E-state index contributed by atoms with van der Waals surface area (Å²) in [4.78, 5) is 14.0. The Morgan fingerprint density at radius 3 is 2.70 bits per heavy atom. The summed E-state index contributed by atoms with van der Waals surface area (Å²) >= 11 is 0. The van der Waals surface area contributed by atoms with E-state index in [9.17, 15) is 13.2 Å². The lowest BCUT2D eigenvalue weighted by atomic mass is 9.91. The van der Waals surface area contributed by atoms with Gasteiger partial charge in [-0.2, -0.15) is 8.42 Å². The first-order valence-electron chi connectivity index (χ1n) is 7.25. The fourth-order valence-corrected chi connectivity index (χ4v) is 2.82. The van der Waals surface area contributed by atoms with Crippen molar-refractivity contribution >= 4 is 33.1 Å². The van der Waals surface area contributed by atoms with E-state index in [1.807, 2.05) is 19.2 Å². The fourth-order valence-electron chi connectivity index (χ4n) is 2.82. The molecule has 1 aromatic carbocycles. The number of carbonyl (C=O) groups is 1. The molecule has 4 N–H and O–H groups in total. The van der Waals surface area contributed by atoms with Crippen LogP contribution in [-0.4, -0.2) is 43.7 Å². The fraction of sp³-hybridized carbons (Fsp3) is 0.400. The van der Waals surface area contributed by atoms with Crippen LogP contribution < -0.4 is 10.6 Å². The smallest absolute Gasteiger partial charge is 0.261 e. The number of H-pyrrole nitrogens is 1.